The van der Waals surface area contributed by atoms with Crippen LogP contribution in [0.2, 0.25) is 0 Å². The van der Waals surface area contributed by atoms with E-state index in [-0.39, 0.29) is 35.6 Å². The minimum absolute atomic E-state index is 0. The van der Waals surface area contributed by atoms with Gasteiger partial charge in [-0.3, -0.25) is 0 Å². The van der Waals surface area contributed by atoms with E-state index in [1.165, 1.54) is 0 Å². The van der Waals surface area contributed by atoms with Gasteiger partial charge in [-0.15, -0.1) is 0 Å². The Bertz CT molecular complexity index is 41.1. The van der Waals surface area contributed by atoms with Crippen LogP contribution < -0.4 is 9.41 Å². The topological polar surface area (TPSA) is 28.2 Å². The van der Waals surface area contributed by atoms with E-state index in [1.54, 1.807) is 0 Å². The van der Waals surface area contributed by atoms with Gasteiger partial charge in [0, 0.05) is 0 Å². The molecule has 0 fully saturated rings. The summed E-state index contributed by atoms with van der Waals surface area (Å²) in [5, 5.41) is 7.94. The molecule has 0 atom stereocenters. The number of halogens is 2. The monoisotopic (exact) mass is 272 g/mol. The first-order chi connectivity index (χ1) is 4.83. The molecule has 0 spiro atoms. The summed E-state index contributed by atoms with van der Waals surface area (Å²) < 4.78 is 0. The van der Waals surface area contributed by atoms with Gasteiger partial charge in [0.25, 0.3) is 0 Å². The van der Waals surface area contributed by atoms with Gasteiger partial charge < -0.3 is 20.0 Å². The summed E-state index contributed by atoms with van der Waals surface area (Å²) in [5.41, 5.74) is 0. The molecule has 5 heteroatoms. The van der Waals surface area contributed by atoms with Gasteiger partial charge in [0.15, 0.2) is 0 Å². The van der Waals surface area contributed by atoms with E-state index in [1.807, 2.05) is 27.7 Å². The molecule has 0 aromatic heterocycles. The molecule has 0 amide bonds. The average Bonchev–Trinajstić information content (AvgIpc) is 1.93. The number of hydrogen-bond donors (Lipinski definition) is 0. The Kier molecular flexibility index (Phi) is 87.1. The zero-order valence-electron chi connectivity index (χ0n) is 8.98. The van der Waals surface area contributed by atoms with Gasteiger partial charge >= 0.3 is 26.2 Å². The van der Waals surface area contributed by atoms with Crippen molar-refractivity contribution in [3.63, 3.8) is 0 Å². The summed E-state index contributed by atoms with van der Waals surface area (Å²) in [7, 11) is 0. The maximum Gasteiger partial charge on any atom is 4.00 e. The molecule has 80 valence electrons. The van der Waals surface area contributed by atoms with Crippen molar-refractivity contribution >= 4 is 0 Å². The molecule has 0 heterocycles. The van der Waals surface area contributed by atoms with Crippen molar-refractivity contribution in [2.24, 2.45) is 0 Å². The SMILES string of the molecule is CC[N-]CC.CC[N-]CC.[F-].[F-].[Zr+4]. The molecule has 0 radical (unpaired) electrons. The van der Waals surface area contributed by atoms with E-state index < -0.39 is 0 Å². The molecule has 13 heavy (non-hydrogen) atoms. The minimum atomic E-state index is 0. The van der Waals surface area contributed by atoms with E-state index in [0.29, 0.717) is 0 Å². The van der Waals surface area contributed by atoms with Crippen LogP contribution >= 0.6 is 0 Å². The molecule has 0 aliphatic rings. The van der Waals surface area contributed by atoms with E-state index in [0.717, 1.165) is 26.2 Å². The summed E-state index contributed by atoms with van der Waals surface area (Å²) in [5.74, 6) is 0. The normalized spacial score (nSPS) is 6.46. The standard InChI is InChI=1S/2C4H10N.2FH.Zr/c2*1-3-5-4-2;;;/h2*3-4H2,1-2H3;2*1H;/q2*-1;;;+4/p-2. The van der Waals surface area contributed by atoms with Crippen molar-refractivity contribution in [1.82, 2.24) is 0 Å². The van der Waals surface area contributed by atoms with Crippen LogP contribution in [0.15, 0.2) is 0 Å². The minimum Gasteiger partial charge on any atom is -1.00 e. The number of nitrogens with zero attached hydrogens (tertiary/aromatic N) is 2. The first-order valence-corrected chi connectivity index (χ1v) is 4.09. The third-order valence-corrected chi connectivity index (χ3v) is 0.894. The van der Waals surface area contributed by atoms with Crippen LogP contribution in [0, 0.1) is 0 Å². The predicted octanol–water partition coefficient (Wildman–Crippen LogP) is -3.19. The molecule has 2 nitrogen and oxygen atoms in total. The Morgan fingerprint density at radius 1 is 0.615 bits per heavy atom. The van der Waals surface area contributed by atoms with Gasteiger partial charge in [0.2, 0.25) is 0 Å². The Labute approximate surface area is 100 Å². The van der Waals surface area contributed by atoms with Crippen molar-refractivity contribution in [3.05, 3.63) is 10.6 Å². The van der Waals surface area contributed by atoms with Crippen LogP contribution in [0.5, 0.6) is 0 Å². The summed E-state index contributed by atoms with van der Waals surface area (Å²) in [6, 6.07) is 0. The van der Waals surface area contributed by atoms with Crippen LogP contribution in [-0.2, 0) is 26.2 Å². The fourth-order valence-electron chi connectivity index (χ4n) is 0.447. The third-order valence-electron chi connectivity index (χ3n) is 0.894. The average molecular weight is 273 g/mol. The Morgan fingerprint density at radius 3 is 0.769 bits per heavy atom. The van der Waals surface area contributed by atoms with Crippen LogP contribution in [0.1, 0.15) is 27.7 Å². The van der Waals surface area contributed by atoms with Crippen LogP contribution in [0.25, 0.3) is 10.6 Å². The molecule has 0 N–H and O–H groups in total. The second-order valence-corrected chi connectivity index (χ2v) is 1.71. The number of rotatable bonds is 4. The third kappa shape index (κ3) is 66.2. The molecule has 0 saturated carbocycles. The van der Waals surface area contributed by atoms with Gasteiger partial charge in [-0.25, -0.2) is 0 Å². The summed E-state index contributed by atoms with van der Waals surface area (Å²) in [6.07, 6.45) is 0. The molecular weight excluding hydrogens is 253 g/mol. The van der Waals surface area contributed by atoms with Crippen molar-refractivity contribution in [2.75, 3.05) is 26.2 Å². The molecule has 0 aliphatic carbocycles. The van der Waals surface area contributed by atoms with Crippen molar-refractivity contribution in [3.8, 4) is 0 Å². The van der Waals surface area contributed by atoms with Gasteiger partial charge in [0.05, 0.1) is 0 Å². The maximum atomic E-state index is 3.97. The molecule has 0 unspecified atom stereocenters. The second-order valence-electron chi connectivity index (χ2n) is 1.71. The summed E-state index contributed by atoms with van der Waals surface area (Å²) in [4.78, 5) is 0. The smallest absolute Gasteiger partial charge is 1.00 e. The summed E-state index contributed by atoms with van der Waals surface area (Å²) >= 11 is 0. The quantitative estimate of drug-likeness (QED) is 0.516. The second kappa shape index (κ2) is 38.8. The fourth-order valence-corrected chi connectivity index (χ4v) is 0.447. The first kappa shape index (κ1) is 29.2. The van der Waals surface area contributed by atoms with E-state index >= 15 is 0 Å². The molecule has 0 aromatic carbocycles. The Hall–Kier alpha value is 0.663. The largest absolute Gasteiger partial charge is 4.00 e. The van der Waals surface area contributed by atoms with Crippen LogP contribution in [-0.4, -0.2) is 26.2 Å². The van der Waals surface area contributed by atoms with Crippen LogP contribution in [0.4, 0.5) is 0 Å². The van der Waals surface area contributed by atoms with Gasteiger partial charge in [-0.1, -0.05) is 27.7 Å². The molecule has 0 saturated heterocycles. The number of hydrogen-bond acceptors (Lipinski definition) is 0. The molecule has 0 aromatic rings. The summed E-state index contributed by atoms with van der Waals surface area (Å²) in [6.45, 7) is 12.1. The molecular formula is C8H20F2N2Zr. The molecule has 0 aliphatic heterocycles. The van der Waals surface area contributed by atoms with E-state index in [2.05, 4.69) is 10.6 Å². The zero-order valence-corrected chi connectivity index (χ0v) is 11.4. The van der Waals surface area contributed by atoms with Crippen LogP contribution in [0.3, 0.4) is 0 Å². The van der Waals surface area contributed by atoms with E-state index in [4.69, 9.17) is 0 Å². The van der Waals surface area contributed by atoms with E-state index in [9.17, 15) is 0 Å². The zero-order chi connectivity index (χ0) is 8.24. The Balaban J connectivity index is -0.0000000267. The predicted molar refractivity (Wildman–Crippen MR) is 48.9 cm³/mol. The maximum absolute atomic E-state index is 3.97. The van der Waals surface area contributed by atoms with Gasteiger partial charge in [-0.05, 0) is 0 Å². The fraction of sp³-hybridized carbons (Fsp3) is 1.00. The molecule has 0 rings (SSSR count). The van der Waals surface area contributed by atoms with Gasteiger partial charge in [-0.2, -0.15) is 26.2 Å². The van der Waals surface area contributed by atoms with Crippen molar-refractivity contribution in [1.29, 1.82) is 0 Å². The van der Waals surface area contributed by atoms with Gasteiger partial charge in [0.1, 0.15) is 0 Å². The van der Waals surface area contributed by atoms with Crippen molar-refractivity contribution < 1.29 is 35.6 Å². The first-order valence-electron chi connectivity index (χ1n) is 4.09. The Morgan fingerprint density at radius 2 is 0.769 bits per heavy atom. The van der Waals surface area contributed by atoms with Crippen molar-refractivity contribution in [2.45, 2.75) is 27.7 Å². The molecule has 0 bridgehead atoms.